The number of amides is 1. The molecule has 0 aromatic carbocycles. The minimum atomic E-state index is -0.0595. The molecule has 17 heavy (non-hydrogen) atoms. The highest BCUT2D eigenvalue weighted by atomic mass is 32.1. The van der Waals surface area contributed by atoms with Crippen LogP contribution in [0.1, 0.15) is 12.6 Å². The quantitative estimate of drug-likeness (QED) is 0.797. The van der Waals surface area contributed by atoms with Gasteiger partial charge in [-0.3, -0.25) is 9.69 Å². The van der Waals surface area contributed by atoms with Crippen LogP contribution in [0, 0.1) is 0 Å². The third-order valence-electron chi connectivity index (χ3n) is 3.01. The molecule has 2 rings (SSSR count). The molecule has 1 saturated heterocycles. The van der Waals surface area contributed by atoms with Crippen molar-refractivity contribution in [3.05, 3.63) is 16.6 Å². The van der Waals surface area contributed by atoms with E-state index in [1.54, 1.807) is 16.8 Å². The van der Waals surface area contributed by atoms with Gasteiger partial charge in [-0.05, 0) is 6.92 Å². The zero-order chi connectivity index (χ0) is 12.1. The van der Waals surface area contributed by atoms with Crippen molar-refractivity contribution >= 4 is 17.2 Å². The van der Waals surface area contributed by atoms with E-state index in [1.807, 2.05) is 12.3 Å². The summed E-state index contributed by atoms with van der Waals surface area (Å²) in [7, 11) is 0. The maximum atomic E-state index is 11.9. The van der Waals surface area contributed by atoms with Gasteiger partial charge in [-0.15, -0.1) is 11.3 Å². The first-order chi connectivity index (χ1) is 8.27. The zero-order valence-electron chi connectivity index (χ0n) is 9.98. The molecule has 2 heterocycles. The van der Waals surface area contributed by atoms with Crippen LogP contribution in [0.25, 0.3) is 0 Å². The Balaban J connectivity index is 1.78. The summed E-state index contributed by atoms with van der Waals surface area (Å²) in [5, 5.41) is 8.16. The molecule has 0 radical (unpaired) electrons. The molecule has 0 aliphatic carbocycles. The van der Waals surface area contributed by atoms with E-state index in [-0.39, 0.29) is 11.9 Å². The number of thiazole rings is 1. The van der Waals surface area contributed by atoms with Crippen LogP contribution in [0.15, 0.2) is 10.9 Å². The predicted octanol–water partition coefficient (Wildman–Crippen LogP) is 0.0530. The minimum absolute atomic E-state index is 0.0595. The summed E-state index contributed by atoms with van der Waals surface area (Å²) in [6, 6.07) is -0.0595. The molecule has 0 bridgehead atoms. The number of hydrogen-bond donors (Lipinski definition) is 2. The number of aromatic nitrogens is 1. The van der Waals surface area contributed by atoms with Gasteiger partial charge in [0.25, 0.3) is 0 Å². The van der Waals surface area contributed by atoms with Gasteiger partial charge in [-0.25, -0.2) is 4.98 Å². The van der Waals surface area contributed by atoms with Crippen molar-refractivity contribution in [1.82, 2.24) is 20.5 Å². The number of rotatable bonds is 4. The van der Waals surface area contributed by atoms with Crippen molar-refractivity contribution < 1.29 is 4.79 Å². The lowest BCUT2D eigenvalue weighted by Gasteiger charge is -2.31. The summed E-state index contributed by atoms with van der Waals surface area (Å²) < 4.78 is 0. The van der Waals surface area contributed by atoms with Crippen LogP contribution in [0.3, 0.4) is 0 Å². The molecule has 1 aliphatic rings. The Bertz CT molecular complexity index is 348. The van der Waals surface area contributed by atoms with Gasteiger partial charge >= 0.3 is 0 Å². The lowest BCUT2D eigenvalue weighted by molar-refractivity contribution is -0.126. The third-order valence-corrected chi connectivity index (χ3v) is 3.64. The number of carbonyl (C=O) groups excluding carboxylic acids is 1. The van der Waals surface area contributed by atoms with Gasteiger partial charge in [0.2, 0.25) is 5.91 Å². The summed E-state index contributed by atoms with van der Waals surface area (Å²) >= 11 is 1.55. The average Bonchev–Trinajstić information content (AvgIpc) is 2.89. The van der Waals surface area contributed by atoms with Gasteiger partial charge in [0.15, 0.2) is 0 Å². The molecule has 0 spiro atoms. The van der Waals surface area contributed by atoms with Crippen molar-refractivity contribution in [3.8, 4) is 0 Å². The molecule has 1 aliphatic heterocycles. The number of carbonyl (C=O) groups is 1. The van der Waals surface area contributed by atoms with E-state index in [1.165, 1.54) is 0 Å². The summed E-state index contributed by atoms with van der Waals surface area (Å²) in [6.45, 7) is 6.28. The van der Waals surface area contributed by atoms with Crippen LogP contribution in [-0.4, -0.2) is 48.0 Å². The summed E-state index contributed by atoms with van der Waals surface area (Å²) in [5.41, 5.74) is 2.71. The van der Waals surface area contributed by atoms with E-state index in [4.69, 9.17) is 0 Å². The fourth-order valence-corrected chi connectivity index (χ4v) is 2.44. The average molecular weight is 254 g/mol. The van der Waals surface area contributed by atoms with Crippen molar-refractivity contribution in [2.75, 3.05) is 26.2 Å². The molecule has 0 saturated carbocycles. The Hall–Kier alpha value is -0.980. The van der Waals surface area contributed by atoms with Crippen LogP contribution in [0.4, 0.5) is 0 Å². The number of nitrogens with zero attached hydrogens (tertiary/aromatic N) is 2. The molecule has 1 fully saturated rings. The minimum Gasteiger partial charge on any atom is -0.349 e. The molecule has 1 amide bonds. The van der Waals surface area contributed by atoms with Gasteiger partial charge in [0.05, 0.1) is 23.8 Å². The Labute approximate surface area is 105 Å². The summed E-state index contributed by atoms with van der Waals surface area (Å²) in [5.74, 6) is 0.0832. The molecule has 1 unspecified atom stereocenters. The van der Waals surface area contributed by atoms with Crippen molar-refractivity contribution in [1.29, 1.82) is 0 Å². The Morgan fingerprint density at radius 2 is 2.41 bits per heavy atom. The second-order valence-corrected chi connectivity index (χ2v) is 4.88. The third kappa shape index (κ3) is 3.49. The zero-order valence-corrected chi connectivity index (χ0v) is 10.8. The SMILES string of the molecule is CC(C(=O)NCc1cscn1)N1CCNCC1. The molecule has 1 aromatic rings. The molecular formula is C11H18N4OS. The molecule has 1 atom stereocenters. The summed E-state index contributed by atoms with van der Waals surface area (Å²) in [4.78, 5) is 18.3. The molecular weight excluding hydrogens is 236 g/mol. The first-order valence-electron chi connectivity index (χ1n) is 5.87. The Morgan fingerprint density at radius 1 is 1.65 bits per heavy atom. The van der Waals surface area contributed by atoms with E-state index in [0.29, 0.717) is 6.54 Å². The van der Waals surface area contributed by atoms with Crippen molar-refractivity contribution in [2.24, 2.45) is 0 Å². The maximum absolute atomic E-state index is 11.9. The highest BCUT2D eigenvalue weighted by Crippen LogP contribution is 2.03. The lowest BCUT2D eigenvalue weighted by Crippen LogP contribution is -2.52. The van der Waals surface area contributed by atoms with Crippen LogP contribution in [0.5, 0.6) is 0 Å². The highest BCUT2D eigenvalue weighted by Gasteiger charge is 2.22. The first kappa shape index (κ1) is 12.5. The highest BCUT2D eigenvalue weighted by molar-refractivity contribution is 7.07. The van der Waals surface area contributed by atoms with E-state index in [0.717, 1.165) is 31.9 Å². The molecule has 94 valence electrons. The molecule has 1 aromatic heterocycles. The number of piperazine rings is 1. The fraction of sp³-hybridized carbons (Fsp3) is 0.636. The lowest BCUT2D eigenvalue weighted by atomic mass is 10.2. The second kappa shape index (κ2) is 6.09. The second-order valence-electron chi connectivity index (χ2n) is 4.16. The van der Waals surface area contributed by atoms with E-state index >= 15 is 0 Å². The van der Waals surface area contributed by atoms with Gasteiger partial charge < -0.3 is 10.6 Å². The molecule has 2 N–H and O–H groups in total. The van der Waals surface area contributed by atoms with Gasteiger partial charge in [0.1, 0.15) is 0 Å². The van der Waals surface area contributed by atoms with Crippen LogP contribution in [0.2, 0.25) is 0 Å². The van der Waals surface area contributed by atoms with Crippen LogP contribution < -0.4 is 10.6 Å². The van der Waals surface area contributed by atoms with Gasteiger partial charge in [-0.1, -0.05) is 0 Å². The van der Waals surface area contributed by atoms with Crippen LogP contribution in [-0.2, 0) is 11.3 Å². The van der Waals surface area contributed by atoms with Crippen LogP contribution >= 0.6 is 11.3 Å². The normalized spacial score (nSPS) is 18.9. The number of hydrogen-bond acceptors (Lipinski definition) is 5. The maximum Gasteiger partial charge on any atom is 0.237 e. The first-order valence-corrected chi connectivity index (χ1v) is 6.81. The monoisotopic (exact) mass is 254 g/mol. The largest absolute Gasteiger partial charge is 0.349 e. The van der Waals surface area contributed by atoms with E-state index in [9.17, 15) is 4.79 Å². The number of nitrogens with one attached hydrogen (secondary N) is 2. The molecule has 6 heteroatoms. The van der Waals surface area contributed by atoms with Crippen molar-refractivity contribution in [3.63, 3.8) is 0 Å². The van der Waals surface area contributed by atoms with Gasteiger partial charge in [-0.2, -0.15) is 0 Å². The van der Waals surface area contributed by atoms with Gasteiger partial charge in [0, 0.05) is 31.6 Å². The Kier molecular flexibility index (Phi) is 4.47. The Morgan fingerprint density at radius 3 is 3.06 bits per heavy atom. The van der Waals surface area contributed by atoms with Crippen molar-refractivity contribution in [2.45, 2.75) is 19.5 Å². The smallest absolute Gasteiger partial charge is 0.237 e. The van der Waals surface area contributed by atoms with E-state index < -0.39 is 0 Å². The predicted molar refractivity (Wildman–Crippen MR) is 67.9 cm³/mol. The molecule has 5 nitrogen and oxygen atoms in total. The standard InChI is InChI=1S/C11H18N4OS/c1-9(15-4-2-12-3-5-15)11(16)13-6-10-7-17-8-14-10/h7-9,12H,2-6H2,1H3,(H,13,16). The topological polar surface area (TPSA) is 57.3 Å². The fourth-order valence-electron chi connectivity index (χ4n) is 1.89. The van der Waals surface area contributed by atoms with E-state index in [2.05, 4.69) is 20.5 Å². The summed E-state index contributed by atoms with van der Waals surface area (Å²) in [6.07, 6.45) is 0.